The molecule has 4 nitrogen and oxygen atoms in total. The van der Waals surface area contributed by atoms with Gasteiger partial charge in [-0.15, -0.1) is 0 Å². The van der Waals surface area contributed by atoms with Crippen molar-refractivity contribution in [3.8, 4) is 5.69 Å². The van der Waals surface area contributed by atoms with Crippen LogP contribution in [0, 0.1) is 5.82 Å². The lowest BCUT2D eigenvalue weighted by atomic mass is 10.1. The quantitative estimate of drug-likeness (QED) is 0.558. The molecule has 4 aromatic rings. The smallest absolute Gasteiger partial charge is 0.267 e. The first kappa shape index (κ1) is 15.6. The zero-order chi connectivity index (χ0) is 17.4. The molecule has 0 saturated heterocycles. The van der Waals surface area contributed by atoms with Crippen LogP contribution >= 0.6 is 11.6 Å². The highest BCUT2D eigenvalue weighted by Crippen LogP contribution is 2.20. The van der Waals surface area contributed by atoms with Crippen LogP contribution in [-0.4, -0.2) is 14.3 Å². The third kappa shape index (κ3) is 2.83. The van der Waals surface area contributed by atoms with Crippen LogP contribution in [0.25, 0.3) is 16.6 Å². The third-order valence-electron chi connectivity index (χ3n) is 4.08. The molecular formula is C19H13ClFN3O. The van der Waals surface area contributed by atoms with E-state index in [1.54, 1.807) is 52.1 Å². The maximum Gasteiger partial charge on any atom is 0.267 e. The summed E-state index contributed by atoms with van der Waals surface area (Å²) in [5.74, 6) is -0.378. The van der Waals surface area contributed by atoms with E-state index in [9.17, 15) is 9.18 Å². The van der Waals surface area contributed by atoms with E-state index in [0.717, 1.165) is 11.3 Å². The minimum atomic E-state index is -0.378. The van der Waals surface area contributed by atoms with Crippen molar-refractivity contribution in [1.82, 2.24) is 14.3 Å². The maximum atomic E-state index is 14.0. The van der Waals surface area contributed by atoms with E-state index in [2.05, 4.69) is 4.98 Å². The second kappa shape index (κ2) is 6.18. The second-order valence-corrected chi connectivity index (χ2v) is 6.08. The van der Waals surface area contributed by atoms with Gasteiger partial charge in [-0.2, -0.15) is 0 Å². The van der Waals surface area contributed by atoms with E-state index >= 15 is 0 Å². The van der Waals surface area contributed by atoms with Gasteiger partial charge in [-0.05, 0) is 35.9 Å². The lowest BCUT2D eigenvalue weighted by Crippen LogP contribution is -2.22. The van der Waals surface area contributed by atoms with Gasteiger partial charge in [0, 0.05) is 28.9 Å². The van der Waals surface area contributed by atoms with Gasteiger partial charge < -0.3 is 0 Å². The molecule has 0 radical (unpaired) electrons. The largest absolute Gasteiger partial charge is 0.268 e. The van der Waals surface area contributed by atoms with Gasteiger partial charge >= 0.3 is 0 Å². The number of benzene rings is 2. The molecule has 0 unspecified atom stereocenters. The number of hydrogen-bond donors (Lipinski definition) is 0. The van der Waals surface area contributed by atoms with Crippen molar-refractivity contribution in [3.63, 3.8) is 0 Å². The molecule has 124 valence electrons. The Morgan fingerprint density at radius 1 is 1.08 bits per heavy atom. The van der Waals surface area contributed by atoms with E-state index in [-0.39, 0.29) is 11.4 Å². The van der Waals surface area contributed by atoms with Crippen LogP contribution in [0.15, 0.2) is 71.8 Å². The Kier molecular flexibility index (Phi) is 3.86. The van der Waals surface area contributed by atoms with Crippen LogP contribution < -0.4 is 5.56 Å². The van der Waals surface area contributed by atoms with Crippen LogP contribution in [0.2, 0.25) is 5.02 Å². The highest BCUT2D eigenvalue weighted by molar-refractivity contribution is 6.30. The first-order valence-electron chi connectivity index (χ1n) is 7.70. The molecule has 0 aliphatic heterocycles. The van der Waals surface area contributed by atoms with Gasteiger partial charge in [0.1, 0.15) is 11.3 Å². The minimum absolute atomic E-state index is 0.152. The van der Waals surface area contributed by atoms with Crippen LogP contribution in [0.5, 0.6) is 0 Å². The Labute approximate surface area is 147 Å². The minimum Gasteiger partial charge on any atom is -0.268 e. The number of pyridine rings is 1. The average Bonchev–Trinajstić information content (AvgIpc) is 2.97. The van der Waals surface area contributed by atoms with Crippen LogP contribution in [0.1, 0.15) is 5.56 Å². The second-order valence-electron chi connectivity index (χ2n) is 5.64. The van der Waals surface area contributed by atoms with Gasteiger partial charge in [0.05, 0.1) is 12.2 Å². The molecule has 0 fully saturated rings. The van der Waals surface area contributed by atoms with Crippen LogP contribution in [0.3, 0.4) is 0 Å². The molecule has 0 N–H and O–H groups in total. The molecule has 4 rings (SSSR count). The molecule has 0 atom stereocenters. The first-order valence-corrected chi connectivity index (χ1v) is 8.08. The third-order valence-corrected chi connectivity index (χ3v) is 4.31. The number of halogens is 2. The topological polar surface area (TPSA) is 39.8 Å². The van der Waals surface area contributed by atoms with Crippen LogP contribution in [0.4, 0.5) is 4.39 Å². The molecule has 2 aromatic heterocycles. The number of rotatable bonds is 3. The van der Waals surface area contributed by atoms with Crippen molar-refractivity contribution in [2.45, 2.75) is 6.54 Å². The molecule has 2 heterocycles. The summed E-state index contributed by atoms with van der Waals surface area (Å²) in [6, 6.07) is 15.3. The van der Waals surface area contributed by atoms with Crippen molar-refractivity contribution >= 4 is 22.5 Å². The van der Waals surface area contributed by atoms with E-state index < -0.39 is 0 Å². The fourth-order valence-electron chi connectivity index (χ4n) is 2.90. The highest BCUT2D eigenvalue weighted by atomic mass is 35.5. The summed E-state index contributed by atoms with van der Waals surface area (Å²) in [7, 11) is 0. The van der Waals surface area contributed by atoms with Gasteiger partial charge in [-0.25, -0.2) is 9.07 Å². The lowest BCUT2D eigenvalue weighted by Gasteiger charge is -2.13. The van der Waals surface area contributed by atoms with Crippen molar-refractivity contribution < 1.29 is 4.39 Å². The Bertz CT molecular complexity index is 1130. The van der Waals surface area contributed by atoms with Crippen molar-refractivity contribution in [2.75, 3.05) is 0 Å². The molecule has 25 heavy (non-hydrogen) atoms. The fraction of sp³-hybridized carbons (Fsp3) is 0.0526. The average molecular weight is 354 g/mol. The summed E-state index contributed by atoms with van der Waals surface area (Å²) in [4.78, 5) is 16.4. The summed E-state index contributed by atoms with van der Waals surface area (Å²) >= 11 is 6.06. The summed E-state index contributed by atoms with van der Waals surface area (Å²) in [5, 5.41) is 1.27. The molecule has 0 aliphatic rings. The van der Waals surface area contributed by atoms with E-state index in [4.69, 9.17) is 11.6 Å². The van der Waals surface area contributed by atoms with Gasteiger partial charge in [0.2, 0.25) is 0 Å². The Morgan fingerprint density at radius 2 is 1.92 bits per heavy atom. The number of nitrogens with zero attached hydrogens (tertiary/aromatic N) is 3. The molecule has 0 amide bonds. The summed E-state index contributed by atoms with van der Waals surface area (Å²) < 4.78 is 17.3. The lowest BCUT2D eigenvalue weighted by molar-refractivity contribution is 0.587. The van der Waals surface area contributed by atoms with Crippen molar-refractivity contribution in [1.29, 1.82) is 0 Å². The van der Waals surface area contributed by atoms with Crippen LogP contribution in [-0.2, 0) is 6.54 Å². The Hall–Kier alpha value is -2.92. The highest BCUT2D eigenvalue weighted by Gasteiger charge is 2.11. The molecule has 0 saturated carbocycles. The Morgan fingerprint density at radius 3 is 2.76 bits per heavy atom. The molecule has 0 aliphatic carbocycles. The normalized spacial score (nSPS) is 11.1. The zero-order valence-corrected chi connectivity index (χ0v) is 13.8. The van der Waals surface area contributed by atoms with Gasteiger partial charge in [-0.3, -0.25) is 14.5 Å². The monoisotopic (exact) mass is 353 g/mol. The summed E-state index contributed by atoms with van der Waals surface area (Å²) in [5.41, 5.74) is 1.74. The predicted molar refractivity (Wildman–Crippen MR) is 95.8 cm³/mol. The fourth-order valence-corrected chi connectivity index (χ4v) is 3.09. The molecule has 6 heteroatoms. The van der Waals surface area contributed by atoms with E-state index in [0.29, 0.717) is 22.5 Å². The molecular weight excluding hydrogens is 341 g/mol. The maximum absolute atomic E-state index is 14.0. The van der Waals surface area contributed by atoms with Crippen molar-refractivity contribution in [3.05, 3.63) is 93.7 Å². The summed E-state index contributed by atoms with van der Waals surface area (Å²) in [6.45, 7) is 0.292. The van der Waals surface area contributed by atoms with E-state index in [1.165, 1.54) is 12.1 Å². The molecule has 0 bridgehead atoms. The summed E-state index contributed by atoms with van der Waals surface area (Å²) in [6.07, 6.45) is 3.25. The SMILES string of the molecule is O=c1ccn(-c2cccc(Cl)c2)n1Cc1ccnc2c(F)cccc12. The first-order chi connectivity index (χ1) is 12.1. The van der Waals surface area contributed by atoms with Crippen molar-refractivity contribution in [2.24, 2.45) is 0 Å². The Balaban J connectivity index is 1.84. The number of aromatic nitrogens is 3. The zero-order valence-electron chi connectivity index (χ0n) is 13.1. The van der Waals surface area contributed by atoms with Gasteiger partial charge in [0.25, 0.3) is 5.56 Å². The van der Waals surface area contributed by atoms with Gasteiger partial charge in [-0.1, -0.05) is 29.8 Å². The van der Waals surface area contributed by atoms with E-state index in [1.807, 2.05) is 12.1 Å². The molecule has 0 spiro atoms. The predicted octanol–water partition coefficient (Wildman–Crippen LogP) is 4.03. The number of fused-ring (bicyclic) bond motifs is 1. The standard InChI is InChI=1S/C19H13ClFN3O/c20-14-3-1-4-15(11-14)23-10-8-18(25)24(23)12-13-7-9-22-19-16(13)5-2-6-17(19)21/h1-11H,12H2. The molecule has 2 aromatic carbocycles. The number of hydrogen-bond acceptors (Lipinski definition) is 2. The number of para-hydroxylation sites is 1. The van der Waals surface area contributed by atoms with Gasteiger partial charge in [0.15, 0.2) is 0 Å².